The molecule has 1 aliphatic rings. The lowest BCUT2D eigenvalue weighted by Gasteiger charge is -2.12. The maximum absolute atomic E-state index is 11.1. The first-order valence-corrected chi connectivity index (χ1v) is 10.4. The predicted molar refractivity (Wildman–Crippen MR) is 122 cm³/mol. The molecule has 1 atom stereocenters. The van der Waals surface area contributed by atoms with E-state index >= 15 is 0 Å². The number of anilines is 2. The topological polar surface area (TPSA) is 89.5 Å². The van der Waals surface area contributed by atoms with Gasteiger partial charge in [0.25, 0.3) is 0 Å². The van der Waals surface area contributed by atoms with E-state index in [1.165, 1.54) is 0 Å². The van der Waals surface area contributed by atoms with Crippen LogP contribution in [0.4, 0.5) is 11.5 Å². The molecule has 32 heavy (non-hydrogen) atoms. The highest BCUT2D eigenvalue weighted by Gasteiger charge is 2.24. The summed E-state index contributed by atoms with van der Waals surface area (Å²) in [7, 11) is 0. The lowest BCUT2D eigenvalue weighted by molar-refractivity contribution is 0.710. The van der Waals surface area contributed by atoms with Crippen LogP contribution in [0.2, 0.25) is 0 Å². The van der Waals surface area contributed by atoms with E-state index in [-0.39, 0.29) is 6.04 Å². The molecule has 0 spiro atoms. The van der Waals surface area contributed by atoms with Crippen LogP contribution in [-0.2, 0) is 6.42 Å². The van der Waals surface area contributed by atoms with Gasteiger partial charge in [0, 0.05) is 30.5 Å². The Morgan fingerprint density at radius 1 is 1.03 bits per heavy atom. The van der Waals surface area contributed by atoms with Crippen molar-refractivity contribution in [2.24, 2.45) is 5.18 Å². The summed E-state index contributed by atoms with van der Waals surface area (Å²) >= 11 is 0. The molecule has 156 valence electrons. The minimum absolute atomic E-state index is 0.237. The Morgan fingerprint density at radius 3 is 2.84 bits per heavy atom. The zero-order valence-electron chi connectivity index (χ0n) is 17.1. The van der Waals surface area contributed by atoms with Gasteiger partial charge >= 0.3 is 0 Å². The van der Waals surface area contributed by atoms with Gasteiger partial charge in [-0.3, -0.25) is 14.4 Å². The van der Waals surface area contributed by atoms with Crippen LogP contribution in [0.3, 0.4) is 0 Å². The number of imidazole rings is 1. The monoisotopic (exact) mass is 421 g/mol. The summed E-state index contributed by atoms with van der Waals surface area (Å²) in [4.78, 5) is 24.5. The third kappa shape index (κ3) is 2.96. The number of aromatic nitrogens is 5. The molecule has 0 saturated heterocycles. The molecular weight excluding hydrogens is 402 g/mol. The van der Waals surface area contributed by atoms with Gasteiger partial charge in [-0.2, -0.15) is 4.91 Å². The first kappa shape index (κ1) is 18.4. The van der Waals surface area contributed by atoms with E-state index in [2.05, 4.69) is 31.1 Å². The predicted octanol–water partition coefficient (Wildman–Crippen LogP) is 5.08. The minimum Gasteiger partial charge on any atom is -0.339 e. The van der Waals surface area contributed by atoms with Crippen molar-refractivity contribution in [2.75, 3.05) is 5.32 Å². The number of fused-ring (bicyclic) bond motifs is 2. The van der Waals surface area contributed by atoms with Crippen molar-refractivity contribution in [1.82, 2.24) is 23.9 Å². The smallest absolute Gasteiger partial charge is 0.157 e. The van der Waals surface area contributed by atoms with Crippen molar-refractivity contribution in [2.45, 2.75) is 18.9 Å². The summed E-state index contributed by atoms with van der Waals surface area (Å²) in [6, 6.07) is 13.8. The Balaban J connectivity index is 1.47. The Kier molecular flexibility index (Phi) is 4.28. The number of aryl methyl sites for hydroxylation is 1. The zero-order valence-corrected chi connectivity index (χ0v) is 17.1. The minimum atomic E-state index is -0.237. The highest BCUT2D eigenvalue weighted by molar-refractivity contribution is 5.79. The third-order valence-electron chi connectivity index (χ3n) is 5.92. The van der Waals surface area contributed by atoms with Crippen LogP contribution < -0.4 is 5.32 Å². The van der Waals surface area contributed by atoms with E-state index in [0.29, 0.717) is 0 Å². The first-order valence-electron chi connectivity index (χ1n) is 10.4. The molecule has 0 radical (unpaired) electrons. The fourth-order valence-corrected chi connectivity index (χ4v) is 4.42. The summed E-state index contributed by atoms with van der Waals surface area (Å²) < 4.78 is 4.06. The van der Waals surface area contributed by atoms with Crippen LogP contribution in [0.25, 0.3) is 22.7 Å². The molecule has 6 rings (SSSR count). The second kappa shape index (κ2) is 7.42. The molecule has 5 aromatic rings. The van der Waals surface area contributed by atoms with Crippen molar-refractivity contribution in [3.05, 3.63) is 95.7 Å². The van der Waals surface area contributed by atoms with Crippen LogP contribution >= 0.6 is 0 Å². The number of nitrogens with one attached hydrogen (secondary N) is 1. The molecule has 0 aliphatic heterocycles. The van der Waals surface area contributed by atoms with Crippen molar-refractivity contribution in [3.63, 3.8) is 0 Å². The molecule has 4 heterocycles. The van der Waals surface area contributed by atoms with Gasteiger partial charge in [-0.1, -0.05) is 11.2 Å². The van der Waals surface area contributed by atoms with Crippen LogP contribution in [-0.4, -0.2) is 23.9 Å². The quantitative estimate of drug-likeness (QED) is 0.400. The van der Waals surface area contributed by atoms with E-state index in [1.54, 1.807) is 18.6 Å². The molecule has 1 unspecified atom stereocenters. The fraction of sp³-hybridized carbons (Fsp3) is 0.125. The van der Waals surface area contributed by atoms with Gasteiger partial charge in [0.2, 0.25) is 0 Å². The van der Waals surface area contributed by atoms with Gasteiger partial charge in [-0.05, 0) is 60.4 Å². The molecule has 0 bridgehead atoms. The van der Waals surface area contributed by atoms with Gasteiger partial charge in [-0.15, -0.1) is 0 Å². The largest absolute Gasteiger partial charge is 0.339 e. The fourth-order valence-electron chi connectivity index (χ4n) is 4.42. The van der Waals surface area contributed by atoms with E-state index in [0.717, 1.165) is 58.2 Å². The first-order chi connectivity index (χ1) is 15.8. The maximum atomic E-state index is 11.1. The lowest BCUT2D eigenvalue weighted by atomic mass is 10.1. The maximum Gasteiger partial charge on any atom is 0.157 e. The Labute approximate surface area is 183 Å². The van der Waals surface area contributed by atoms with E-state index < -0.39 is 0 Å². The summed E-state index contributed by atoms with van der Waals surface area (Å²) in [5.74, 6) is 0.842. The lowest BCUT2D eigenvalue weighted by Crippen LogP contribution is -2.01. The standard InChI is InChI=1S/C24H19N7O/c32-29-20-8-5-16-13-17(6-7-19(16)20)27-24-23(28-22-15-26-10-12-31(22)24)21-4-2-11-30(21)18-3-1-9-25-14-18/h1-4,6-7,9-15,20,27H,5,8H2. The van der Waals surface area contributed by atoms with Crippen molar-refractivity contribution in [3.8, 4) is 17.1 Å². The van der Waals surface area contributed by atoms with Gasteiger partial charge in [0.1, 0.15) is 17.6 Å². The normalized spacial score (nSPS) is 15.1. The van der Waals surface area contributed by atoms with Crippen molar-refractivity contribution >= 4 is 17.2 Å². The number of nitrogens with zero attached hydrogens (tertiary/aromatic N) is 6. The molecule has 0 amide bonds. The molecule has 8 nitrogen and oxygen atoms in total. The Bertz CT molecular complexity index is 1440. The molecule has 1 aromatic carbocycles. The van der Waals surface area contributed by atoms with Crippen molar-refractivity contribution < 1.29 is 0 Å². The second-order valence-corrected chi connectivity index (χ2v) is 7.79. The molecule has 4 aromatic heterocycles. The van der Waals surface area contributed by atoms with E-state index in [1.807, 2.05) is 59.4 Å². The van der Waals surface area contributed by atoms with E-state index in [9.17, 15) is 4.91 Å². The molecule has 0 saturated carbocycles. The summed E-state index contributed by atoms with van der Waals surface area (Å²) in [5.41, 5.74) is 6.58. The number of hydrogen-bond donors (Lipinski definition) is 1. The van der Waals surface area contributed by atoms with Gasteiger partial charge in [0.05, 0.1) is 23.8 Å². The molecule has 8 heteroatoms. The molecular formula is C24H19N7O. The van der Waals surface area contributed by atoms with Crippen LogP contribution in [0.5, 0.6) is 0 Å². The summed E-state index contributed by atoms with van der Waals surface area (Å²) in [6.07, 6.45) is 12.6. The molecule has 0 fully saturated rings. The Hall–Kier alpha value is -4.33. The highest BCUT2D eigenvalue weighted by atomic mass is 16.3. The van der Waals surface area contributed by atoms with Crippen LogP contribution in [0, 0.1) is 4.91 Å². The highest BCUT2D eigenvalue weighted by Crippen LogP contribution is 2.37. The third-order valence-corrected chi connectivity index (χ3v) is 5.92. The molecule has 1 aliphatic carbocycles. The van der Waals surface area contributed by atoms with Crippen LogP contribution in [0.1, 0.15) is 23.6 Å². The number of hydrogen-bond acceptors (Lipinski definition) is 6. The Morgan fingerprint density at radius 2 is 1.97 bits per heavy atom. The number of benzene rings is 1. The van der Waals surface area contributed by atoms with E-state index in [4.69, 9.17) is 4.98 Å². The average molecular weight is 421 g/mol. The average Bonchev–Trinajstić information content (AvgIpc) is 3.56. The summed E-state index contributed by atoms with van der Waals surface area (Å²) in [5, 5.41) is 6.82. The van der Waals surface area contributed by atoms with Crippen LogP contribution in [0.15, 0.2) is 84.8 Å². The van der Waals surface area contributed by atoms with Gasteiger partial charge < -0.3 is 9.88 Å². The van der Waals surface area contributed by atoms with Gasteiger partial charge in [0.15, 0.2) is 5.65 Å². The number of pyridine rings is 1. The zero-order chi connectivity index (χ0) is 21.5. The molecule has 1 N–H and O–H groups in total. The second-order valence-electron chi connectivity index (χ2n) is 7.79. The van der Waals surface area contributed by atoms with Gasteiger partial charge in [-0.25, -0.2) is 4.98 Å². The van der Waals surface area contributed by atoms with Crippen molar-refractivity contribution in [1.29, 1.82) is 0 Å². The summed E-state index contributed by atoms with van der Waals surface area (Å²) in [6.45, 7) is 0. The number of rotatable bonds is 5. The number of nitroso groups, excluding NO2 is 1. The SMILES string of the molecule is O=NC1CCc2cc(Nc3c(-c4cccn4-c4cccnc4)nc4cnccn34)ccc21.